The average Bonchev–Trinajstić information content (AvgIpc) is 3.46. The molecule has 0 radical (unpaired) electrons. The van der Waals surface area contributed by atoms with Crippen LogP contribution in [-0.2, 0) is 14.3 Å². The molecule has 0 aromatic carbocycles. The van der Waals surface area contributed by atoms with Crippen molar-refractivity contribution in [2.75, 3.05) is 13.2 Å². The van der Waals surface area contributed by atoms with E-state index in [0.717, 1.165) is 57.8 Å². The van der Waals surface area contributed by atoms with E-state index in [1.165, 1.54) is 295 Å². The molecule has 0 heterocycles. The highest BCUT2D eigenvalue weighted by Crippen LogP contribution is 2.19. The molecule has 0 rings (SSSR count). The Morgan fingerprint density at radius 3 is 1.00 bits per heavy atom. The summed E-state index contributed by atoms with van der Waals surface area (Å²) in [6.45, 7) is 4.89. The van der Waals surface area contributed by atoms with Crippen LogP contribution in [0.4, 0.5) is 0 Å². The SMILES string of the molecule is CCC/C=C\C/C=C\CCCCCCCC(=O)OCCCCCCCCCCCCCCCCC/C=C\C/C=C\CCCCCCCCCCCCCCCCCCCC(=O)NC(CO)C(O)CCCCCCCCCCCCC. The van der Waals surface area contributed by atoms with Crippen molar-refractivity contribution < 1.29 is 24.5 Å². The summed E-state index contributed by atoms with van der Waals surface area (Å²) < 4.78 is 5.48. The maximum absolute atomic E-state index is 12.5. The van der Waals surface area contributed by atoms with Crippen molar-refractivity contribution in [3.63, 3.8) is 0 Å². The van der Waals surface area contributed by atoms with Gasteiger partial charge in [0.05, 0.1) is 25.4 Å². The summed E-state index contributed by atoms with van der Waals surface area (Å²) in [7, 11) is 0. The second-order valence-corrected chi connectivity index (χ2v) is 24.6. The van der Waals surface area contributed by atoms with Gasteiger partial charge in [0.25, 0.3) is 0 Å². The Labute approximate surface area is 499 Å². The number of unbranched alkanes of at least 4 members (excludes halogenated alkanes) is 48. The van der Waals surface area contributed by atoms with Crippen LogP contribution in [-0.4, -0.2) is 47.4 Å². The molecule has 0 saturated heterocycles. The normalized spacial score (nSPS) is 12.8. The van der Waals surface area contributed by atoms with Crippen molar-refractivity contribution in [2.24, 2.45) is 0 Å². The molecule has 80 heavy (non-hydrogen) atoms. The number of rotatable bonds is 67. The van der Waals surface area contributed by atoms with Gasteiger partial charge in [0, 0.05) is 12.8 Å². The molecule has 0 aliphatic rings. The minimum atomic E-state index is -0.661. The third-order valence-electron chi connectivity index (χ3n) is 16.6. The highest BCUT2D eigenvalue weighted by Gasteiger charge is 2.20. The number of aliphatic hydroxyl groups is 2. The van der Waals surface area contributed by atoms with Crippen molar-refractivity contribution in [3.05, 3.63) is 48.6 Å². The summed E-state index contributed by atoms with van der Waals surface area (Å²) in [5.41, 5.74) is 0. The predicted octanol–water partition coefficient (Wildman–Crippen LogP) is 23.3. The Bertz CT molecular complexity index is 1340. The van der Waals surface area contributed by atoms with Crippen LogP contribution in [0.5, 0.6) is 0 Å². The Balaban J connectivity index is 3.34. The lowest BCUT2D eigenvalue weighted by atomic mass is 10.0. The van der Waals surface area contributed by atoms with Crippen LogP contribution in [0.3, 0.4) is 0 Å². The number of allylic oxidation sites excluding steroid dienone is 8. The average molecular weight is 1120 g/mol. The molecule has 6 heteroatoms. The lowest BCUT2D eigenvalue weighted by Gasteiger charge is -2.22. The smallest absolute Gasteiger partial charge is 0.305 e. The van der Waals surface area contributed by atoms with E-state index in [9.17, 15) is 19.8 Å². The fourth-order valence-electron chi connectivity index (χ4n) is 11.1. The van der Waals surface area contributed by atoms with Crippen LogP contribution in [0.1, 0.15) is 386 Å². The molecule has 1 amide bonds. The second kappa shape index (κ2) is 69.3. The van der Waals surface area contributed by atoms with E-state index in [1.54, 1.807) is 0 Å². The molecule has 3 N–H and O–H groups in total. The first-order valence-electron chi connectivity index (χ1n) is 35.9. The van der Waals surface area contributed by atoms with Gasteiger partial charge >= 0.3 is 5.97 Å². The van der Waals surface area contributed by atoms with Crippen LogP contribution in [0.25, 0.3) is 0 Å². The molecule has 0 aromatic rings. The fraction of sp³-hybridized carbons (Fsp3) is 0.865. The monoisotopic (exact) mass is 1120 g/mol. The summed E-state index contributed by atoms with van der Waals surface area (Å²) in [4.78, 5) is 24.5. The molecule has 0 saturated carbocycles. The van der Waals surface area contributed by atoms with Gasteiger partial charge in [-0.05, 0) is 83.5 Å². The molecule has 0 bridgehead atoms. The van der Waals surface area contributed by atoms with E-state index in [-0.39, 0.29) is 18.5 Å². The summed E-state index contributed by atoms with van der Waals surface area (Å²) in [6, 6.07) is -0.538. The first-order valence-corrected chi connectivity index (χ1v) is 35.9. The number of carbonyl (C=O) groups excluding carboxylic acids is 2. The maximum Gasteiger partial charge on any atom is 0.305 e. The molecule has 0 spiro atoms. The third kappa shape index (κ3) is 65.0. The third-order valence-corrected chi connectivity index (χ3v) is 16.6. The maximum atomic E-state index is 12.5. The largest absolute Gasteiger partial charge is 0.466 e. The number of nitrogens with one attached hydrogen (secondary N) is 1. The van der Waals surface area contributed by atoms with E-state index in [4.69, 9.17) is 4.74 Å². The highest BCUT2D eigenvalue weighted by molar-refractivity contribution is 5.76. The number of hydrogen-bond donors (Lipinski definition) is 3. The van der Waals surface area contributed by atoms with Crippen LogP contribution in [0.15, 0.2) is 48.6 Å². The standard InChI is InChI=1S/C74H139NO5/c1-3-5-7-9-11-13-15-43-48-52-56-60-64-68-74(79)80-69-65-61-57-53-49-45-42-40-38-36-34-32-30-28-26-24-22-20-18-16-17-19-21-23-25-27-29-31-33-35-37-39-41-44-47-51-55-59-63-67-73(78)75-71(70-76)72(77)66-62-58-54-50-46-14-12-10-8-6-4-2/h7,9,13,15-17,20,22,71-72,76-77H,3-6,8,10-12,14,18-19,21,23-70H2,1-2H3,(H,75,78)/b9-7-,15-13-,17-16-,22-20-. The first kappa shape index (κ1) is 77.8. The number of aliphatic hydroxyl groups excluding tert-OH is 2. The highest BCUT2D eigenvalue weighted by atomic mass is 16.5. The van der Waals surface area contributed by atoms with Gasteiger partial charge in [-0.15, -0.1) is 0 Å². The van der Waals surface area contributed by atoms with Crippen LogP contribution in [0, 0.1) is 0 Å². The molecule has 2 unspecified atom stereocenters. The summed E-state index contributed by atoms with van der Waals surface area (Å²) in [5, 5.41) is 23.2. The lowest BCUT2D eigenvalue weighted by Crippen LogP contribution is -2.45. The van der Waals surface area contributed by atoms with Gasteiger partial charge < -0.3 is 20.3 Å². The summed E-state index contributed by atoms with van der Waals surface area (Å²) in [6.07, 6.45) is 90.5. The fourth-order valence-corrected chi connectivity index (χ4v) is 11.1. The summed E-state index contributed by atoms with van der Waals surface area (Å²) in [5.74, 6) is -0.0267. The Morgan fingerprint density at radius 2 is 0.650 bits per heavy atom. The Kier molecular flexibility index (Phi) is 67.4. The number of ether oxygens (including phenoxy) is 1. The Hall–Kier alpha value is -2.18. The Morgan fingerprint density at radius 1 is 0.350 bits per heavy atom. The van der Waals surface area contributed by atoms with E-state index < -0.39 is 12.1 Å². The van der Waals surface area contributed by atoms with E-state index in [2.05, 4.69) is 67.8 Å². The molecule has 2 atom stereocenters. The van der Waals surface area contributed by atoms with Gasteiger partial charge in [-0.3, -0.25) is 9.59 Å². The van der Waals surface area contributed by atoms with E-state index in [0.29, 0.717) is 25.9 Å². The molecule has 6 nitrogen and oxygen atoms in total. The quantitative estimate of drug-likeness (QED) is 0.0320. The van der Waals surface area contributed by atoms with E-state index >= 15 is 0 Å². The van der Waals surface area contributed by atoms with Crippen molar-refractivity contribution in [3.8, 4) is 0 Å². The molecule has 0 aromatic heterocycles. The number of amides is 1. The number of hydrogen-bond acceptors (Lipinski definition) is 5. The zero-order chi connectivity index (χ0) is 57.8. The molecular weight excluding hydrogens is 983 g/mol. The predicted molar refractivity (Wildman–Crippen MR) is 352 cm³/mol. The van der Waals surface area contributed by atoms with Gasteiger partial charge in [-0.1, -0.05) is 339 Å². The van der Waals surface area contributed by atoms with Crippen molar-refractivity contribution >= 4 is 11.9 Å². The van der Waals surface area contributed by atoms with Crippen molar-refractivity contribution in [1.29, 1.82) is 0 Å². The van der Waals surface area contributed by atoms with Crippen molar-refractivity contribution in [2.45, 2.75) is 398 Å². The zero-order valence-electron chi connectivity index (χ0n) is 53.8. The number of esters is 1. The summed E-state index contributed by atoms with van der Waals surface area (Å²) >= 11 is 0. The molecule has 470 valence electrons. The lowest BCUT2D eigenvalue weighted by molar-refractivity contribution is -0.143. The molecule has 0 aliphatic carbocycles. The van der Waals surface area contributed by atoms with Gasteiger partial charge in [-0.2, -0.15) is 0 Å². The van der Waals surface area contributed by atoms with Crippen molar-refractivity contribution in [1.82, 2.24) is 5.32 Å². The minimum absolute atomic E-state index is 0.00482. The van der Waals surface area contributed by atoms with Crippen LogP contribution in [0.2, 0.25) is 0 Å². The topological polar surface area (TPSA) is 95.9 Å². The van der Waals surface area contributed by atoms with E-state index in [1.807, 2.05) is 0 Å². The van der Waals surface area contributed by atoms with Gasteiger partial charge in [0.1, 0.15) is 0 Å². The first-order chi connectivity index (χ1) is 39.5. The molecule has 0 fully saturated rings. The molecular formula is C74H139NO5. The zero-order valence-corrected chi connectivity index (χ0v) is 53.8. The number of carbonyl (C=O) groups is 2. The van der Waals surface area contributed by atoms with Gasteiger partial charge in [-0.25, -0.2) is 0 Å². The van der Waals surface area contributed by atoms with Crippen LogP contribution < -0.4 is 5.32 Å². The minimum Gasteiger partial charge on any atom is -0.466 e. The van der Waals surface area contributed by atoms with Gasteiger partial charge in [0.2, 0.25) is 5.91 Å². The van der Waals surface area contributed by atoms with Crippen LogP contribution >= 0.6 is 0 Å². The second-order valence-electron chi connectivity index (χ2n) is 24.6. The molecule has 0 aliphatic heterocycles. The van der Waals surface area contributed by atoms with Gasteiger partial charge in [0.15, 0.2) is 0 Å².